The van der Waals surface area contributed by atoms with Crippen LogP contribution in [0.1, 0.15) is 32.3 Å². The van der Waals surface area contributed by atoms with E-state index in [0.717, 1.165) is 23.5 Å². The SMILES string of the molecule is CCN1C(C)=C(C#N)C(c2ccccc2)C(C#N)=C1C. The van der Waals surface area contributed by atoms with Gasteiger partial charge in [0.2, 0.25) is 0 Å². The predicted molar refractivity (Wildman–Crippen MR) is 78.2 cm³/mol. The van der Waals surface area contributed by atoms with Gasteiger partial charge in [-0.25, -0.2) is 0 Å². The molecule has 1 heterocycles. The molecule has 2 rings (SSSR count). The van der Waals surface area contributed by atoms with Crippen molar-refractivity contribution in [2.45, 2.75) is 26.7 Å². The van der Waals surface area contributed by atoms with Gasteiger partial charge in [0.1, 0.15) is 0 Å². The summed E-state index contributed by atoms with van der Waals surface area (Å²) in [6.07, 6.45) is 0. The quantitative estimate of drug-likeness (QED) is 0.817. The second-order valence-corrected chi connectivity index (χ2v) is 4.81. The number of hydrogen-bond acceptors (Lipinski definition) is 3. The number of benzene rings is 1. The first-order valence-corrected chi connectivity index (χ1v) is 6.69. The van der Waals surface area contributed by atoms with Gasteiger partial charge in [-0.1, -0.05) is 30.3 Å². The van der Waals surface area contributed by atoms with Crippen LogP contribution >= 0.6 is 0 Å². The Hall–Kier alpha value is -2.52. The molecule has 1 aliphatic heterocycles. The Labute approximate surface area is 120 Å². The smallest absolute Gasteiger partial charge is 0.0975 e. The third-order valence-corrected chi connectivity index (χ3v) is 3.86. The highest BCUT2D eigenvalue weighted by Gasteiger charge is 2.32. The largest absolute Gasteiger partial charge is 0.347 e. The Morgan fingerprint density at radius 1 is 1.00 bits per heavy atom. The molecule has 0 aliphatic carbocycles. The Balaban J connectivity index is 2.68. The van der Waals surface area contributed by atoms with Crippen molar-refractivity contribution in [1.29, 1.82) is 10.5 Å². The van der Waals surface area contributed by atoms with Gasteiger partial charge >= 0.3 is 0 Å². The molecule has 0 atom stereocenters. The lowest BCUT2D eigenvalue weighted by Crippen LogP contribution is -2.28. The molecule has 1 aromatic rings. The van der Waals surface area contributed by atoms with Gasteiger partial charge in [0.25, 0.3) is 0 Å². The van der Waals surface area contributed by atoms with Gasteiger partial charge < -0.3 is 4.90 Å². The van der Waals surface area contributed by atoms with Crippen molar-refractivity contribution in [2.75, 3.05) is 6.54 Å². The van der Waals surface area contributed by atoms with Crippen molar-refractivity contribution < 1.29 is 0 Å². The van der Waals surface area contributed by atoms with E-state index in [-0.39, 0.29) is 5.92 Å². The summed E-state index contributed by atoms with van der Waals surface area (Å²) in [5, 5.41) is 19.1. The first kappa shape index (κ1) is 13.9. The molecule has 0 saturated carbocycles. The molecule has 3 heteroatoms. The molecular formula is C17H17N3. The van der Waals surface area contributed by atoms with Gasteiger partial charge in [-0.15, -0.1) is 0 Å². The molecule has 100 valence electrons. The number of hydrogen-bond donors (Lipinski definition) is 0. The molecular weight excluding hydrogens is 246 g/mol. The van der Waals surface area contributed by atoms with E-state index in [1.54, 1.807) is 0 Å². The van der Waals surface area contributed by atoms with Crippen LogP contribution in [0.25, 0.3) is 0 Å². The Kier molecular flexibility index (Phi) is 3.91. The summed E-state index contributed by atoms with van der Waals surface area (Å²) in [4.78, 5) is 2.04. The van der Waals surface area contributed by atoms with Crippen molar-refractivity contribution >= 4 is 0 Å². The number of nitrogens with zero attached hydrogens (tertiary/aromatic N) is 3. The van der Waals surface area contributed by atoms with Crippen LogP contribution in [-0.4, -0.2) is 11.4 Å². The van der Waals surface area contributed by atoms with E-state index in [0.29, 0.717) is 11.1 Å². The fourth-order valence-electron chi connectivity index (χ4n) is 2.85. The fourth-order valence-corrected chi connectivity index (χ4v) is 2.85. The summed E-state index contributed by atoms with van der Waals surface area (Å²) in [5.74, 6) is -0.242. The molecule has 3 nitrogen and oxygen atoms in total. The van der Waals surface area contributed by atoms with E-state index < -0.39 is 0 Å². The minimum absolute atomic E-state index is 0.242. The molecule has 0 bridgehead atoms. The molecule has 0 saturated heterocycles. The summed E-state index contributed by atoms with van der Waals surface area (Å²) < 4.78 is 0. The van der Waals surface area contributed by atoms with E-state index in [4.69, 9.17) is 0 Å². The van der Waals surface area contributed by atoms with E-state index in [9.17, 15) is 10.5 Å². The highest BCUT2D eigenvalue weighted by Crippen LogP contribution is 2.40. The maximum Gasteiger partial charge on any atom is 0.0975 e. The lowest BCUT2D eigenvalue weighted by Gasteiger charge is -2.34. The Morgan fingerprint density at radius 2 is 1.50 bits per heavy atom. The highest BCUT2D eigenvalue weighted by atomic mass is 15.1. The van der Waals surface area contributed by atoms with Crippen LogP contribution in [0.5, 0.6) is 0 Å². The summed E-state index contributed by atoms with van der Waals surface area (Å²) >= 11 is 0. The van der Waals surface area contributed by atoms with Crippen molar-refractivity contribution in [1.82, 2.24) is 4.90 Å². The molecule has 0 radical (unpaired) electrons. The number of nitriles is 2. The second kappa shape index (κ2) is 5.63. The van der Waals surface area contributed by atoms with Crippen molar-refractivity contribution in [2.24, 2.45) is 0 Å². The standard InChI is InChI=1S/C17H17N3/c1-4-20-12(2)15(10-18)17(16(11-19)13(20)3)14-8-6-5-7-9-14/h5-9,17H,4H2,1-3H3. The highest BCUT2D eigenvalue weighted by molar-refractivity contribution is 5.55. The van der Waals surface area contributed by atoms with Gasteiger partial charge in [-0.2, -0.15) is 10.5 Å². The van der Waals surface area contributed by atoms with Crippen LogP contribution in [0.4, 0.5) is 0 Å². The average molecular weight is 263 g/mol. The molecule has 0 N–H and O–H groups in total. The maximum atomic E-state index is 9.54. The van der Waals surface area contributed by atoms with Crippen LogP contribution in [0.2, 0.25) is 0 Å². The predicted octanol–water partition coefficient (Wildman–Crippen LogP) is 3.70. The summed E-state index contributed by atoms with van der Waals surface area (Å²) in [5.41, 5.74) is 4.22. The molecule has 1 aliphatic rings. The van der Waals surface area contributed by atoms with Crippen molar-refractivity contribution in [3.8, 4) is 12.1 Å². The topological polar surface area (TPSA) is 50.8 Å². The van der Waals surface area contributed by atoms with E-state index in [2.05, 4.69) is 12.1 Å². The third kappa shape index (κ3) is 2.08. The van der Waals surface area contributed by atoms with Crippen LogP contribution < -0.4 is 0 Å². The molecule has 0 fully saturated rings. The summed E-state index contributed by atoms with van der Waals surface area (Å²) in [7, 11) is 0. The number of allylic oxidation sites excluding steroid dienone is 4. The Bertz CT molecular complexity index is 616. The van der Waals surface area contributed by atoms with Crippen LogP contribution in [-0.2, 0) is 0 Å². The van der Waals surface area contributed by atoms with Gasteiger partial charge in [0.15, 0.2) is 0 Å². The molecule has 0 spiro atoms. The maximum absolute atomic E-state index is 9.54. The first-order valence-electron chi connectivity index (χ1n) is 6.69. The average Bonchev–Trinajstić information content (AvgIpc) is 2.48. The summed E-state index contributed by atoms with van der Waals surface area (Å²) in [6, 6.07) is 14.4. The van der Waals surface area contributed by atoms with Gasteiger partial charge in [-0.3, -0.25) is 0 Å². The van der Waals surface area contributed by atoms with Gasteiger partial charge in [0.05, 0.1) is 29.2 Å². The van der Waals surface area contributed by atoms with Crippen LogP contribution in [0.15, 0.2) is 52.9 Å². The third-order valence-electron chi connectivity index (χ3n) is 3.86. The fraction of sp³-hybridized carbons (Fsp3) is 0.294. The first-order chi connectivity index (χ1) is 9.65. The molecule has 0 unspecified atom stereocenters. The lowest BCUT2D eigenvalue weighted by molar-refractivity contribution is 0.428. The van der Waals surface area contributed by atoms with Gasteiger partial charge in [0, 0.05) is 17.9 Å². The minimum Gasteiger partial charge on any atom is -0.347 e. The zero-order chi connectivity index (χ0) is 14.7. The van der Waals surface area contributed by atoms with E-state index >= 15 is 0 Å². The minimum atomic E-state index is -0.242. The van der Waals surface area contributed by atoms with Gasteiger partial charge in [-0.05, 0) is 26.3 Å². The van der Waals surface area contributed by atoms with Crippen LogP contribution in [0.3, 0.4) is 0 Å². The zero-order valence-electron chi connectivity index (χ0n) is 12.0. The molecule has 0 amide bonds. The van der Waals surface area contributed by atoms with E-state index in [1.807, 2.05) is 56.0 Å². The zero-order valence-corrected chi connectivity index (χ0v) is 12.0. The van der Waals surface area contributed by atoms with E-state index in [1.165, 1.54) is 0 Å². The molecule has 1 aromatic carbocycles. The second-order valence-electron chi connectivity index (χ2n) is 4.81. The van der Waals surface area contributed by atoms with Crippen molar-refractivity contribution in [3.05, 3.63) is 58.4 Å². The monoisotopic (exact) mass is 263 g/mol. The van der Waals surface area contributed by atoms with Crippen molar-refractivity contribution in [3.63, 3.8) is 0 Å². The number of rotatable bonds is 2. The molecule has 0 aromatic heterocycles. The lowest BCUT2D eigenvalue weighted by atomic mass is 9.81. The normalized spacial score (nSPS) is 16.1. The molecule has 20 heavy (non-hydrogen) atoms. The van der Waals surface area contributed by atoms with Crippen LogP contribution in [0, 0.1) is 22.7 Å². The summed E-state index contributed by atoms with van der Waals surface area (Å²) in [6.45, 7) is 6.70. The Morgan fingerprint density at radius 3 is 1.90 bits per heavy atom.